The summed E-state index contributed by atoms with van der Waals surface area (Å²) in [5.74, 6) is 0.556. The number of thiocarbonyl (C=S) groups is 1. The molecule has 0 bridgehead atoms. The van der Waals surface area contributed by atoms with E-state index < -0.39 is 0 Å². The number of halogens is 1. The van der Waals surface area contributed by atoms with Crippen LogP contribution in [0, 0.1) is 6.92 Å². The van der Waals surface area contributed by atoms with E-state index in [0.29, 0.717) is 16.0 Å². The Hall–Kier alpha value is -1.85. The largest absolute Gasteiger partial charge is 0.481 e. The lowest BCUT2D eigenvalue weighted by molar-refractivity contribution is 0.398. The second kappa shape index (κ2) is 6.54. The standard InChI is InChI=1S/C14H14ClN3OS/c1-9-11(15)4-3-5-12(9)18-14(20)17-10-6-7-13(19-2)16-8-10/h3-8H,1-2H3,(H2,17,18,20). The maximum Gasteiger partial charge on any atom is 0.213 e. The molecule has 2 N–H and O–H groups in total. The average molecular weight is 308 g/mol. The topological polar surface area (TPSA) is 46.2 Å². The van der Waals surface area contributed by atoms with Crippen LogP contribution < -0.4 is 15.4 Å². The van der Waals surface area contributed by atoms with Crippen molar-refractivity contribution in [3.63, 3.8) is 0 Å². The van der Waals surface area contributed by atoms with Gasteiger partial charge in [-0.2, -0.15) is 0 Å². The third-order valence-corrected chi connectivity index (χ3v) is 3.33. The Bertz CT molecular complexity index is 616. The molecule has 0 amide bonds. The van der Waals surface area contributed by atoms with Crippen LogP contribution in [0.2, 0.25) is 5.02 Å². The summed E-state index contributed by atoms with van der Waals surface area (Å²) in [5, 5.41) is 7.32. The Balaban J connectivity index is 2.03. The van der Waals surface area contributed by atoms with E-state index in [-0.39, 0.29) is 0 Å². The molecule has 1 heterocycles. The van der Waals surface area contributed by atoms with Gasteiger partial charge in [0.05, 0.1) is 19.0 Å². The summed E-state index contributed by atoms with van der Waals surface area (Å²) in [7, 11) is 1.57. The van der Waals surface area contributed by atoms with Crippen LogP contribution in [0.15, 0.2) is 36.5 Å². The fourth-order valence-electron chi connectivity index (χ4n) is 1.60. The van der Waals surface area contributed by atoms with Crippen molar-refractivity contribution < 1.29 is 4.74 Å². The smallest absolute Gasteiger partial charge is 0.213 e. The third-order valence-electron chi connectivity index (χ3n) is 2.72. The highest BCUT2D eigenvalue weighted by molar-refractivity contribution is 7.80. The van der Waals surface area contributed by atoms with E-state index in [1.807, 2.05) is 31.2 Å². The maximum absolute atomic E-state index is 6.06. The van der Waals surface area contributed by atoms with Crippen molar-refractivity contribution in [2.45, 2.75) is 6.92 Å². The molecule has 4 nitrogen and oxygen atoms in total. The minimum Gasteiger partial charge on any atom is -0.481 e. The van der Waals surface area contributed by atoms with Gasteiger partial charge in [-0.1, -0.05) is 17.7 Å². The highest BCUT2D eigenvalue weighted by Crippen LogP contribution is 2.23. The van der Waals surface area contributed by atoms with Crippen molar-refractivity contribution in [1.82, 2.24) is 4.98 Å². The van der Waals surface area contributed by atoms with Crippen LogP contribution in [0.25, 0.3) is 0 Å². The summed E-state index contributed by atoms with van der Waals surface area (Å²) in [5.41, 5.74) is 2.60. The van der Waals surface area contributed by atoms with Crippen molar-refractivity contribution in [2.24, 2.45) is 0 Å². The summed E-state index contributed by atoms with van der Waals surface area (Å²) in [6.07, 6.45) is 1.65. The highest BCUT2D eigenvalue weighted by Gasteiger charge is 2.04. The van der Waals surface area contributed by atoms with E-state index in [0.717, 1.165) is 16.9 Å². The van der Waals surface area contributed by atoms with Crippen LogP contribution in [0.5, 0.6) is 5.88 Å². The fraction of sp³-hybridized carbons (Fsp3) is 0.143. The summed E-state index contributed by atoms with van der Waals surface area (Å²) in [6, 6.07) is 9.23. The number of methoxy groups -OCH3 is 1. The molecule has 6 heteroatoms. The Morgan fingerprint density at radius 2 is 2.05 bits per heavy atom. The summed E-state index contributed by atoms with van der Waals surface area (Å²) in [6.45, 7) is 1.93. The van der Waals surface area contributed by atoms with Gasteiger partial charge in [0.15, 0.2) is 5.11 Å². The van der Waals surface area contributed by atoms with Gasteiger partial charge in [-0.15, -0.1) is 0 Å². The van der Waals surface area contributed by atoms with Gasteiger partial charge in [0.25, 0.3) is 0 Å². The second-order valence-electron chi connectivity index (χ2n) is 4.08. The molecule has 0 unspecified atom stereocenters. The zero-order valence-electron chi connectivity index (χ0n) is 11.1. The number of pyridine rings is 1. The molecule has 0 spiro atoms. The van der Waals surface area contributed by atoms with Crippen molar-refractivity contribution in [1.29, 1.82) is 0 Å². The number of rotatable bonds is 3. The zero-order valence-corrected chi connectivity index (χ0v) is 12.7. The average Bonchev–Trinajstić information content (AvgIpc) is 2.45. The van der Waals surface area contributed by atoms with E-state index in [4.69, 9.17) is 28.6 Å². The SMILES string of the molecule is COc1ccc(NC(=S)Nc2cccc(Cl)c2C)cn1. The van der Waals surface area contributed by atoms with Crippen LogP contribution >= 0.6 is 23.8 Å². The number of nitrogens with zero attached hydrogens (tertiary/aromatic N) is 1. The molecular weight excluding hydrogens is 294 g/mol. The Labute approximate surface area is 128 Å². The van der Waals surface area contributed by atoms with Gasteiger partial charge in [0.1, 0.15) is 0 Å². The number of hydrogen-bond acceptors (Lipinski definition) is 3. The highest BCUT2D eigenvalue weighted by atomic mass is 35.5. The van der Waals surface area contributed by atoms with Crippen molar-refractivity contribution in [2.75, 3.05) is 17.7 Å². The van der Waals surface area contributed by atoms with Gasteiger partial charge in [0.2, 0.25) is 5.88 Å². The third kappa shape index (κ3) is 3.59. The van der Waals surface area contributed by atoms with Crippen molar-refractivity contribution >= 4 is 40.3 Å². The van der Waals surface area contributed by atoms with Crippen molar-refractivity contribution in [3.05, 3.63) is 47.1 Å². The minimum absolute atomic E-state index is 0.474. The molecule has 0 saturated heterocycles. The first-order valence-electron chi connectivity index (χ1n) is 5.93. The predicted molar refractivity (Wildman–Crippen MR) is 86.8 cm³/mol. The van der Waals surface area contributed by atoms with E-state index >= 15 is 0 Å². The molecule has 0 radical (unpaired) electrons. The summed E-state index contributed by atoms with van der Waals surface area (Å²) < 4.78 is 5.00. The summed E-state index contributed by atoms with van der Waals surface area (Å²) in [4.78, 5) is 4.10. The van der Waals surface area contributed by atoms with E-state index in [1.165, 1.54) is 0 Å². The molecule has 2 aromatic rings. The molecule has 1 aromatic heterocycles. The summed E-state index contributed by atoms with van der Waals surface area (Å²) >= 11 is 11.3. The lowest BCUT2D eigenvalue weighted by atomic mass is 10.2. The zero-order chi connectivity index (χ0) is 14.5. The molecule has 0 atom stereocenters. The van der Waals surface area contributed by atoms with Gasteiger partial charge in [-0.3, -0.25) is 0 Å². The van der Waals surface area contributed by atoms with Gasteiger partial charge >= 0.3 is 0 Å². The molecule has 20 heavy (non-hydrogen) atoms. The van der Waals surface area contributed by atoms with E-state index in [9.17, 15) is 0 Å². The molecule has 0 saturated carbocycles. The lowest BCUT2D eigenvalue weighted by Gasteiger charge is -2.13. The number of benzene rings is 1. The Morgan fingerprint density at radius 1 is 1.25 bits per heavy atom. The number of aromatic nitrogens is 1. The van der Waals surface area contributed by atoms with Crippen LogP contribution in [-0.2, 0) is 0 Å². The first kappa shape index (κ1) is 14.6. The second-order valence-corrected chi connectivity index (χ2v) is 4.90. The minimum atomic E-state index is 0.474. The molecule has 0 aliphatic rings. The molecule has 0 aliphatic heterocycles. The monoisotopic (exact) mass is 307 g/mol. The van der Waals surface area contributed by atoms with Gasteiger partial charge < -0.3 is 15.4 Å². The van der Waals surface area contributed by atoms with Gasteiger partial charge in [-0.25, -0.2) is 4.98 Å². The number of nitrogens with one attached hydrogen (secondary N) is 2. The van der Waals surface area contributed by atoms with Crippen LogP contribution in [0.3, 0.4) is 0 Å². The van der Waals surface area contributed by atoms with Gasteiger partial charge in [0, 0.05) is 16.8 Å². The fourth-order valence-corrected chi connectivity index (χ4v) is 2.00. The molecular formula is C14H14ClN3OS. The van der Waals surface area contributed by atoms with Crippen LogP contribution in [0.1, 0.15) is 5.56 Å². The van der Waals surface area contributed by atoms with Crippen LogP contribution in [0.4, 0.5) is 11.4 Å². The quantitative estimate of drug-likeness (QED) is 0.843. The molecule has 1 aromatic carbocycles. The normalized spacial score (nSPS) is 9.95. The molecule has 0 aliphatic carbocycles. The van der Waals surface area contributed by atoms with E-state index in [1.54, 1.807) is 19.4 Å². The lowest BCUT2D eigenvalue weighted by Crippen LogP contribution is -2.19. The Morgan fingerprint density at radius 3 is 2.70 bits per heavy atom. The predicted octanol–water partition coefficient (Wildman–Crippen LogP) is 3.86. The van der Waals surface area contributed by atoms with Crippen molar-refractivity contribution in [3.8, 4) is 5.88 Å². The maximum atomic E-state index is 6.06. The Kier molecular flexibility index (Phi) is 4.76. The molecule has 2 rings (SSSR count). The van der Waals surface area contributed by atoms with Crippen LogP contribution in [-0.4, -0.2) is 17.2 Å². The first-order valence-corrected chi connectivity index (χ1v) is 6.72. The number of ether oxygens (including phenoxy) is 1. The number of hydrogen-bond donors (Lipinski definition) is 2. The molecule has 0 fully saturated rings. The van der Waals surface area contributed by atoms with Gasteiger partial charge in [-0.05, 0) is 42.9 Å². The molecule has 104 valence electrons. The first-order chi connectivity index (χ1) is 9.60. The van der Waals surface area contributed by atoms with E-state index in [2.05, 4.69) is 15.6 Å². The number of anilines is 2.